The molecule has 0 fully saturated rings. The predicted molar refractivity (Wildman–Crippen MR) is 94.1 cm³/mol. The van der Waals surface area contributed by atoms with Crippen LogP contribution < -0.4 is 15.4 Å². The van der Waals surface area contributed by atoms with E-state index in [4.69, 9.17) is 4.74 Å². The molecule has 0 unspecified atom stereocenters. The number of carbonyl (C=O) groups excluding carboxylic acids is 2. The number of rotatable bonds is 8. The molecule has 0 bridgehead atoms. The van der Waals surface area contributed by atoms with Gasteiger partial charge in [0, 0.05) is 11.4 Å². The van der Waals surface area contributed by atoms with Crippen LogP contribution in [0.4, 0.5) is 9.18 Å². The van der Waals surface area contributed by atoms with Gasteiger partial charge in [-0.25, -0.2) is 9.18 Å². The number of hydrogen-bond donors (Lipinski definition) is 2. The Kier molecular flexibility index (Phi) is 7.36. The second-order valence-corrected chi connectivity index (χ2v) is 6.36. The Hall–Kier alpha value is -2.45. The second-order valence-electron chi connectivity index (χ2n) is 5.33. The minimum absolute atomic E-state index is 0.0348. The van der Waals surface area contributed by atoms with Crippen molar-refractivity contribution in [1.82, 2.24) is 15.5 Å². The molecule has 2 rings (SSSR count). The van der Waals surface area contributed by atoms with Crippen molar-refractivity contribution in [3.8, 4) is 5.75 Å². The topological polar surface area (TPSA) is 70.7 Å². The largest absolute Gasteiger partial charge is 0.489 e. The zero-order valence-electron chi connectivity index (χ0n) is 13.8. The van der Waals surface area contributed by atoms with Crippen molar-refractivity contribution in [2.45, 2.75) is 6.54 Å². The Morgan fingerprint density at radius 1 is 1.24 bits per heavy atom. The Morgan fingerprint density at radius 2 is 2.04 bits per heavy atom. The lowest BCUT2D eigenvalue weighted by atomic mass is 10.3. The molecule has 3 amide bonds. The maximum Gasteiger partial charge on any atom is 0.321 e. The van der Waals surface area contributed by atoms with Crippen LogP contribution in [0, 0.1) is 5.82 Å². The van der Waals surface area contributed by atoms with Crippen LogP contribution in [0.25, 0.3) is 0 Å². The van der Waals surface area contributed by atoms with Gasteiger partial charge in [0.1, 0.15) is 6.61 Å². The first-order chi connectivity index (χ1) is 12.0. The van der Waals surface area contributed by atoms with E-state index in [1.807, 2.05) is 17.5 Å². The van der Waals surface area contributed by atoms with E-state index in [-0.39, 0.29) is 18.9 Å². The van der Waals surface area contributed by atoms with E-state index in [9.17, 15) is 14.0 Å². The van der Waals surface area contributed by atoms with Crippen LogP contribution in [-0.2, 0) is 11.3 Å². The van der Waals surface area contributed by atoms with Crippen LogP contribution in [-0.4, -0.2) is 43.6 Å². The third-order valence-electron chi connectivity index (χ3n) is 3.24. The minimum Gasteiger partial charge on any atom is -0.489 e. The Bertz CT molecular complexity index is 694. The van der Waals surface area contributed by atoms with E-state index in [1.54, 1.807) is 30.1 Å². The van der Waals surface area contributed by atoms with Gasteiger partial charge in [-0.3, -0.25) is 15.0 Å². The van der Waals surface area contributed by atoms with Gasteiger partial charge >= 0.3 is 6.03 Å². The normalized spacial score (nSPS) is 10.5. The Balaban J connectivity index is 1.62. The number of ether oxygens (including phenoxy) is 1. The van der Waals surface area contributed by atoms with Gasteiger partial charge in [-0.1, -0.05) is 18.2 Å². The van der Waals surface area contributed by atoms with Gasteiger partial charge in [-0.15, -0.1) is 11.3 Å². The molecule has 8 heteroatoms. The zero-order chi connectivity index (χ0) is 18.1. The monoisotopic (exact) mass is 365 g/mol. The van der Waals surface area contributed by atoms with Crippen LogP contribution in [0.1, 0.15) is 4.88 Å². The smallest absolute Gasteiger partial charge is 0.321 e. The molecular formula is C17H20FN3O3S. The van der Waals surface area contributed by atoms with Crippen molar-refractivity contribution in [3.63, 3.8) is 0 Å². The molecule has 1 heterocycles. The molecule has 2 aromatic rings. The summed E-state index contributed by atoms with van der Waals surface area (Å²) in [4.78, 5) is 26.1. The summed E-state index contributed by atoms with van der Waals surface area (Å²) in [5, 5.41) is 6.79. The summed E-state index contributed by atoms with van der Waals surface area (Å²) in [6.45, 7) is 1.06. The number of thiophene rings is 1. The van der Waals surface area contributed by atoms with Crippen LogP contribution >= 0.6 is 11.3 Å². The van der Waals surface area contributed by atoms with E-state index < -0.39 is 17.8 Å². The first-order valence-corrected chi connectivity index (χ1v) is 8.58. The average molecular weight is 365 g/mol. The zero-order valence-corrected chi connectivity index (χ0v) is 14.6. The number of benzene rings is 1. The summed E-state index contributed by atoms with van der Waals surface area (Å²) in [6.07, 6.45) is 0. The van der Waals surface area contributed by atoms with E-state index >= 15 is 0 Å². The number of nitrogens with one attached hydrogen (secondary N) is 2. The predicted octanol–water partition coefficient (Wildman–Crippen LogP) is 2.22. The van der Waals surface area contributed by atoms with Crippen molar-refractivity contribution in [2.75, 3.05) is 26.7 Å². The van der Waals surface area contributed by atoms with Crippen LogP contribution in [0.2, 0.25) is 0 Å². The molecule has 6 nitrogen and oxygen atoms in total. The molecule has 0 aliphatic rings. The van der Waals surface area contributed by atoms with Crippen LogP contribution in [0.15, 0.2) is 41.8 Å². The maximum absolute atomic E-state index is 13.4. The third kappa shape index (κ3) is 6.90. The van der Waals surface area contributed by atoms with Crippen molar-refractivity contribution in [2.24, 2.45) is 0 Å². The first-order valence-electron chi connectivity index (χ1n) is 7.70. The Labute approximate surface area is 149 Å². The molecule has 0 radical (unpaired) electrons. The van der Waals surface area contributed by atoms with Crippen molar-refractivity contribution in [1.29, 1.82) is 0 Å². The van der Waals surface area contributed by atoms with Gasteiger partial charge in [0.2, 0.25) is 5.91 Å². The molecule has 0 spiro atoms. The van der Waals surface area contributed by atoms with Crippen molar-refractivity contribution >= 4 is 23.3 Å². The van der Waals surface area contributed by atoms with Crippen LogP contribution in [0.3, 0.4) is 0 Å². The number of nitrogens with zero attached hydrogens (tertiary/aromatic N) is 1. The summed E-state index contributed by atoms with van der Waals surface area (Å²) in [5.41, 5.74) is 0. The van der Waals surface area contributed by atoms with Gasteiger partial charge in [-0.2, -0.15) is 0 Å². The van der Waals surface area contributed by atoms with E-state index in [0.717, 1.165) is 4.88 Å². The average Bonchev–Trinajstić information content (AvgIpc) is 3.08. The summed E-state index contributed by atoms with van der Waals surface area (Å²) >= 11 is 1.53. The van der Waals surface area contributed by atoms with Gasteiger partial charge < -0.3 is 10.1 Å². The molecule has 0 saturated carbocycles. The molecule has 1 aromatic heterocycles. The first kappa shape index (κ1) is 18.9. The standard InChI is InChI=1S/C17H20FN3O3S/c1-21(8-9-24-15-7-3-2-6-14(15)18)12-16(22)20-17(23)19-11-13-5-4-10-25-13/h2-7,10H,8-9,11-12H2,1H3,(H2,19,20,22,23). The van der Waals surface area contributed by atoms with Gasteiger partial charge in [0.15, 0.2) is 11.6 Å². The molecule has 134 valence electrons. The SMILES string of the molecule is CN(CCOc1ccccc1F)CC(=O)NC(=O)NCc1cccs1. The molecule has 2 N–H and O–H groups in total. The van der Waals surface area contributed by atoms with Crippen molar-refractivity contribution < 1.29 is 18.7 Å². The quantitative estimate of drug-likeness (QED) is 0.753. The Morgan fingerprint density at radius 3 is 2.76 bits per heavy atom. The fraction of sp³-hybridized carbons (Fsp3) is 0.294. The lowest BCUT2D eigenvalue weighted by Crippen LogP contribution is -2.44. The molecular weight excluding hydrogens is 345 g/mol. The fourth-order valence-electron chi connectivity index (χ4n) is 1.99. The highest BCUT2D eigenvalue weighted by atomic mass is 32.1. The molecule has 0 aliphatic heterocycles. The minimum atomic E-state index is -0.533. The molecule has 0 saturated heterocycles. The molecule has 1 aromatic carbocycles. The lowest BCUT2D eigenvalue weighted by molar-refractivity contribution is -0.120. The molecule has 0 aliphatic carbocycles. The van der Waals surface area contributed by atoms with Gasteiger partial charge in [0.05, 0.1) is 13.1 Å². The highest BCUT2D eigenvalue weighted by molar-refractivity contribution is 7.09. The van der Waals surface area contributed by atoms with E-state index in [2.05, 4.69) is 10.6 Å². The summed E-state index contributed by atoms with van der Waals surface area (Å²) in [5.74, 6) is -0.671. The fourth-order valence-corrected chi connectivity index (χ4v) is 2.63. The van der Waals surface area contributed by atoms with Crippen LogP contribution in [0.5, 0.6) is 5.75 Å². The van der Waals surface area contributed by atoms with Crippen molar-refractivity contribution in [3.05, 3.63) is 52.5 Å². The highest BCUT2D eigenvalue weighted by Gasteiger charge is 2.11. The third-order valence-corrected chi connectivity index (χ3v) is 4.11. The summed E-state index contributed by atoms with van der Waals surface area (Å²) in [7, 11) is 1.72. The van der Waals surface area contributed by atoms with Gasteiger partial charge in [0.25, 0.3) is 0 Å². The summed E-state index contributed by atoms with van der Waals surface area (Å²) in [6, 6.07) is 9.39. The lowest BCUT2D eigenvalue weighted by Gasteiger charge is -2.16. The number of hydrogen-bond acceptors (Lipinski definition) is 5. The van der Waals surface area contributed by atoms with E-state index in [1.165, 1.54) is 17.4 Å². The number of imide groups is 1. The number of urea groups is 1. The number of amides is 3. The molecule has 0 atom stereocenters. The molecule has 25 heavy (non-hydrogen) atoms. The number of carbonyl (C=O) groups is 2. The number of para-hydroxylation sites is 1. The summed E-state index contributed by atoms with van der Waals surface area (Å²) < 4.78 is 18.7. The van der Waals surface area contributed by atoms with E-state index in [0.29, 0.717) is 13.1 Å². The number of likely N-dealkylation sites (N-methyl/N-ethyl adjacent to an activating group) is 1. The highest BCUT2D eigenvalue weighted by Crippen LogP contribution is 2.14. The maximum atomic E-state index is 13.4. The second kappa shape index (κ2) is 9.75. The number of halogens is 1. The van der Waals surface area contributed by atoms with Gasteiger partial charge in [-0.05, 0) is 30.6 Å².